The third kappa shape index (κ3) is 3.27. The van der Waals surface area contributed by atoms with Gasteiger partial charge in [-0.25, -0.2) is 0 Å². The number of benzene rings is 3. The summed E-state index contributed by atoms with van der Waals surface area (Å²) in [6.07, 6.45) is 6.67. The van der Waals surface area contributed by atoms with Gasteiger partial charge in [-0.1, -0.05) is 84.4 Å². The van der Waals surface area contributed by atoms with E-state index in [0.29, 0.717) is 0 Å². The van der Waals surface area contributed by atoms with Gasteiger partial charge in [-0.2, -0.15) is 0 Å². The first-order valence-corrected chi connectivity index (χ1v) is 8.67. The fourth-order valence-corrected chi connectivity index (χ4v) is 3.34. The molecule has 4 rings (SSSR count). The molecular formula is C24H21N. The summed E-state index contributed by atoms with van der Waals surface area (Å²) in [7, 11) is 0. The Morgan fingerprint density at radius 1 is 0.840 bits per heavy atom. The van der Waals surface area contributed by atoms with E-state index in [1.54, 1.807) is 0 Å². The summed E-state index contributed by atoms with van der Waals surface area (Å²) in [4.78, 5) is 3.43. The maximum atomic E-state index is 3.43. The average molecular weight is 323 g/mol. The van der Waals surface area contributed by atoms with Gasteiger partial charge in [-0.05, 0) is 35.7 Å². The molecule has 0 aliphatic carbocycles. The molecule has 1 nitrogen and oxygen atoms in total. The molecule has 0 radical (unpaired) electrons. The van der Waals surface area contributed by atoms with E-state index in [1.165, 1.54) is 33.2 Å². The van der Waals surface area contributed by atoms with Crippen molar-refractivity contribution in [1.82, 2.24) is 4.98 Å². The van der Waals surface area contributed by atoms with Crippen LogP contribution in [-0.4, -0.2) is 4.98 Å². The van der Waals surface area contributed by atoms with Gasteiger partial charge in [0.25, 0.3) is 0 Å². The Labute approximate surface area is 148 Å². The van der Waals surface area contributed by atoms with Crippen LogP contribution >= 0.6 is 0 Å². The van der Waals surface area contributed by atoms with Crippen molar-refractivity contribution in [3.05, 3.63) is 113 Å². The molecule has 1 heterocycles. The van der Waals surface area contributed by atoms with E-state index in [2.05, 4.69) is 109 Å². The predicted molar refractivity (Wildman–Crippen MR) is 107 cm³/mol. The first-order chi connectivity index (χ1) is 12.3. The molecule has 0 aliphatic heterocycles. The molecule has 0 aliphatic rings. The number of nitrogens with one attached hydrogen (secondary N) is 1. The highest BCUT2D eigenvalue weighted by Crippen LogP contribution is 2.33. The van der Waals surface area contributed by atoms with Crippen molar-refractivity contribution in [2.45, 2.75) is 12.8 Å². The van der Waals surface area contributed by atoms with Crippen LogP contribution in [0.3, 0.4) is 0 Å². The lowest BCUT2D eigenvalue weighted by atomic mass is 9.90. The third-order valence-corrected chi connectivity index (χ3v) is 4.64. The van der Waals surface area contributed by atoms with Crippen molar-refractivity contribution in [3.8, 4) is 0 Å². The van der Waals surface area contributed by atoms with E-state index in [4.69, 9.17) is 0 Å². The molecule has 122 valence electrons. The van der Waals surface area contributed by atoms with Crippen LogP contribution in [0, 0.1) is 6.92 Å². The summed E-state index contributed by atoms with van der Waals surface area (Å²) in [5, 5.41) is 1.30. The normalized spacial score (nSPS) is 12.7. The molecule has 25 heavy (non-hydrogen) atoms. The summed E-state index contributed by atoms with van der Waals surface area (Å²) >= 11 is 0. The van der Waals surface area contributed by atoms with Crippen LogP contribution in [-0.2, 0) is 0 Å². The third-order valence-electron chi connectivity index (χ3n) is 4.64. The van der Waals surface area contributed by atoms with Crippen molar-refractivity contribution in [3.63, 3.8) is 0 Å². The molecule has 1 aromatic heterocycles. The van der Waals surface area contributed by atoms with Gasteiger partial charge in [0.1, 0.15) is 0 Å². The molecule has 3 aromatic carbocycles. The number of hydrogen-bond donors (Lipinski definition) is 1. The fourth-order valence-electron chi connectivity index (χ4n) is 3.34. The highest BCUT2D eigenvalue weighted by Gasteiger charge is 2.15. The fraction of sp³-hybridized carbons (Fsp3) is 0.0833. The van der Waals surface area contributed by atoms with E-state index in [-0.39, 0.29) is 5.92 Å². The highest BCUT2D eigenvalue weighted by molar-refractivity contribution is 5.85. The second-order valence-electron chi connectivity index (χ2n) is 6.45. The topological polar surface area (TPSA) is 15.8 Å². The number of aromatic amines is 1. The Bertz CT molecular complexity index is 994. The lowest BCUT2D eigenvalue weighted by molar-refractivity contribution is 1.04. The van der Waals surface area contributed by atoms with Crippen LogP contribution in [0.15, 0.2) is 91.1 Å². The van der Waals surface area contributed by atoms with Crippen LogP contribution in [0.25, 0.3) is 17.0 Å². The number of hydrogen-bond acceptors (Lipinski definition) is 0. The minimum Gasteiger partial charge on any atom is -0.361 e. The molecule has 0 saturated heterocycles. The lowest BCUT2D eigenvalue weighted by Gasteiger charge is -2.13. The maximum Gasteiger partial charge on any atom is 0.0457 e. The zero-order valence-corrected chi connectivity index (χ0v) is 14.3. The number of aryl methyl sites for hydroxylation is 1. The van der Waals surface area contributed by atoms with E-state index < -0.39 is 0 Å². The van der Waals surface area contributed by atoms with Gasteiger partial charge in [0, 0.05) is 23.0 Å². The number of allylic oxidation sites excluding steroid dienone is 1. The Hall–Kier alpha value is -3.06. The molecular weight excluding hydrogens is 302 g/mol. The average Bonchev–Trinajstić information content (AvgIpc) is 3.07. The molecule has 0 spiro atoms. The quantitative estimate of drug-likeness (QED) is 0.452. The molecule has 1 unspecified atom stereocenters. The Morgan fingerprint density at radius 3 is 2.32 bits per heavy atom. The first kappa shape index (κ1) is 15.5. The van der Waals surface area contributed by atoms with Crippen molar-refractivity contribution in [2.75, 3.05) is 0 Å². The van der Waals surface area contributed by atoms with Crippen LogP contribution in [0.5, 0.6) is 0 Å². The van der Waals surface area contributed by atoms with Gasteiger partial charge in [0.15, 0.2) is 0 Å². The smallest absolute Gasteiger partial charge is 0.0457 e. The Morgan fingerprint density at radius 2 is 1.56 bits per heavy atom. The van der Waals surface area contributed by atoms with Crippen LogP contribution < -0.4 is 0 Å². The van der Waals surface area contributed by atoms with E-state index in [0.717, 1.165) is 0 Å². The zero-order valence-electron chi connectivity index (χ0n) is 14.3. The second-order valence-corrected chi connectivity index (χ2v) is 6.45. The maximum absolute atomic E-state index is 3.43. The SMILES string of the molecule is Cc1ccc2[nH]cc(C(/C=C/c3ccccc3)c3ccccc3)c2c1. The molecule has 1 N–H and O–H groups in total. The molecule has 0 bridgehead atoms. The summed E-state index contributed by atoms with van der Waals surface area (Å²) in [6.45, 7) is 2.15. The monoisotopic (exact) mass is 323 g/mol. The molecule has 1 heteroatoms. The minimum absolute atomic E-state index is 0.219. The van der Waals surface area contributed by atoms with Crippen molar-refractivity contribution in [2.24, 2.45) is 0 Å². The molecule has 1 atom stereocenters. The predicted octanol–water partition coefficient (Wildman–Crippen LogP) is 6.32. The Balaban J connectivity index is 1.82. The van der Waals surface area contributed by atoms with Crippen molar-refractivity contribution >= 4 is 17.0 Å². The van der Waals surface area contributed by atoms with Gasteiger partial charge in [0.2, 0.25) is 0 Å². The van der Waals surface area contributed by atoms with Gasteiger partial charge < -0.3 is 4.98 Å². The number of aromatic nitrogens is 1. The highest BCUT2D eigenvalue weighted by atomic mass is 14.7. The van der Waals surface area contributed by atoms with Gasteiger partial charge >= 0.3 is 0 Å². The summed E-state index contributed by atoms with van der Waals surface area (Å²) in [5.74, 6) is 0.219. The molecule has 0 amide bonds. The van der Waals surface area contributed by atoms with Crippen LogP contribution in [0.2, 0.25) is 0 Å². The molecule has 0 saturated carbocycles. The summed E-state index contributed by atoms with van der Waals surface area (Å²) in [5.41, 5.74) is 6.32. The zero-order chi connectivity index (χ0) is 17.1. The number of H-pyrrole nitrogens is 1. The first-order valence-electron chi connectivity index (χ1n) is 8.67. The largest absolute Gasteiger partial charge is 0.361 e. The number of fused-ring (bicyclic) bond motifs is 1. The van der Waals surface area contributed by atoms with Crippen molar-refractivity contribution in [1.29, 1.82) is 0 Å². The minimum atomic E-state index is 0.219. The summed E-state index contributed by atoms with van der Waals surface area (Å²) in [6, 6.07) is 27.8. The van der Waals surface area contributed by atoms with Gasteiger partial charge in [0.05, 0.1) is 0 Å². The van der Waals surface area contributed by atoms with Crippen molar-refractivity contribution < 1.29 is 0 Å². The van der Waals surface area contributed by atoms with E-state index >= 15 is 0 Å². The van der Waals surface area contributed by atoms with Crippen LogP contribution in [0.1, 0.15) is 28.2 Å². The van der Waals surface area contributed by atoms with Gasteiger partial charge in [-0.15, -0.1) is 0 Å². The van der Waals surface area contributed by atoms with E-state index in [1.807, 2.05) is 0 Å². The molecule has 0 fully saturated rings. The number of rotatable bonds is 4. The standard InChI is InChI=1S/C24H21N/c1-18-12-15-24-22(16-18)23(17-25-24)21(20-10-6-3-7-11-20)14-13-19-8-4-2-5-9-19/h2-17,21,25H,1H3/b14-13+. The van der Waals surface area contributed by atoms with E-state index in [9.17, 15) is 0 Å². The molecule has 4 aromatic rings. The lowest BCUT2D eigenvalue weighted by Crippen LogP contribution is -1.97. The van der Waals surface area contributed by atoms with Gasteiger partial charge in [-0.3, -0.25) is 0 Å². The van der Waals surface area contributed by atoms with Crippen LogP contribution in [0.4, 0.5) is 0 Å². The Kier molecular flexibility index (Phi) is 4.22. The summed E-state index contributed by atoms with van der Waals surface area (Å²) < 4.78 is 0. The second kappa shape index (κ2) is 6.82.